The molecule has 0 saturated heterocycles. The predicted molar refractivity (Wildman–Crippen MR) is 130 cm³/mol. The topological polar surface area (TPSA) is 149 Å². The predicted octanol–water partition coefficient (Wildman–Crippen LogP) is 2.20. The van der Waals surface area contributed by atoms with Crippen LogP contribution in [0.25, 0.3) is 0 Å². The molecule has 0 saturated carbocycles. The Morgan fingerprint density at radius 2 is 2.09 bits per heavy atom. The van der Waals surface area contributed by atoms with Crippen LogP contribution in [-0.2, 0) is 23.4 Å². The maximum Gasteiger partial charge on any atom is 0.296 e. The fraction of sp³-hybridized carbons (Fsp3) is 0.458. The molecule has 0 atom stereocenters. The molecule has 11 heteroatoms. The number of allylic oxidation sites excluding steroid dienone is 1. The van der Waals surface area contributed by atoms with Crippen LogP contribution in [0.3, 0.4) is 0 Å². The Morgan fingerprint density at radius 1 is 1.40 bits per heavy atom. The molecular formula is C24H33FN6O4. The maximum atomic E-state index is 14.0. The van der Waals surface area contributed by atoms with Crippen LogP contribution < -0.4 is 27.5 Å². The number of hydrogen-bond donors (Lipinski definition) is 4. The van der Waals surface area contributed by atoms with Gasteiger partial charge >= 0.3 is 0 Å². The molecule has 1 aromatic heterocycles. The second-order valence-electron chi connectivity index (χ2n) is 10.00. The van der Waals surface area contributed by atoms with Crippen LogP contribution in [0.1, 0.15) is 62.9 Å². The maximum absolute atomic E-state index is 14.0. The summed E-state index contributed by atoms with van der Waals surface area (Å²) in [5, 5.41) is 14.3. The summed E-state index contributed by atoms with van der Waals surface area (Å²) in [5.74, 6) is 4.35. The lowest BCUT2D eigenvalue weighted by molar-refractivity contribution is -0.0227. The van der Waals surface area contributed by atoms with E-state index in [1.54, 1.807) is 13.8 Å². The molecule has 35 heavy (non-hydrogen) atoms. The minimum atomic E-state index is -0.929. The minimum absolute atomic E-state index is 0.0785. The first-order chi connectivity index (χ1) is 16.2. The van der Waals surface area contributed by atoms with Gasteiger partial charge in [-0.2, -0.15) is 0 Å². The van der Waals surface area contributed by atoms with Crippen molar-refractivity contribution in [3.63, 3.8) is 0 Å². The van der Waals surface area contributed by atoms with E-state index in [4.69, 9.17) is 16.3 Å². The molecule has 0 unspecified atom stereocenters. The summed E-state index contributed by atoms with van der Waals surface area (Å²) in [5.41, 5.74) is 4.92. The molecule has 0 bridgehead atoms. The van der Waals surface area contributed by atoms with Crippen LogP contribution in [0.15, 0.2) is 34.9 Å². The third kappa shape index (κ3) is 5.63. The molecule has 0 radical (unpaired) electrons. The molecular weight excluding hydrogens is 455 g/mol. The van der Waals surface area contributed by atoms with Gasteiger partial charge in [0, 0.05) is 37.0 Å². The third-order valence-corrected chi connectivity index (χ3v) is 5.80. The number of halogens is 1. The summed E-state index contributed by atoms with van der Waals surface area (Å²) < 4.78 is 21.1. The number of nitrogens with two attached hydrogens (primary N) is 2. The van der Waals surface area contributed by atoms with E-state index >= 15 is 0 Å². The zero-order valence-corrected chi connectivity index (χ0v) is 20.7. The largest absolute Gasteiger partial charge is 0.501 e. The molecule has 0 fully saturated rings. The molecule has 1 aliphatic heterocycles. The van der Waals surface area contributed by atoms with E-state index in [-0.39, 0.29) is 23.5 Å². The SMILES string of the molecule is CC(C)(C)/C(N)=C/N(N)c1cc(F)ccc1CNC(=O)c1nc2n(c(=O)c1O)CCCOC2(C)C. The van der Waals surface area contributed by atoms with Gasteiger partial charge in [0.05, 0.1) is 5.69 Å². The van der Waals surface area contributed by atoms with Gasteiger partial charge in [0.25, 0.3) is 11.5 Å². The van der Waals surface area contributed by atoms with Gasteiger partial charge in [-0.25, -0.2) is 15.2 Å². The highest BCUT2D eigenvalue weighted by Crippen LogP contribution is 2.28. The van der Waals surface area contributed by atoms with Crippen molar-refractivity contribution in [3.8, 4) is 5.75 Å². The Balaban J connectivity index is 1.91. The summed E-state index contributed by atoms with van der Waals surface area (Å²) in [6.45, 7) is 9.87. The van der Waals surface area contributed by atoms with E-state index in [0.29, 0.717) is 30.8 Å². The number of hydrogen-bond acceptors (Lipinski definition) is 8. The van der Waals surface area contributed by atoms with Crippen LogP contribution in [-0.4, -0.2) is 27.2 Å². The van der Waals surface area contributed by atoms with Crippen LogP contribution >= 0.6 is 0 Å². The quantitative estimate of drug-likeness (QED) is 0.370. The number of hydrazine groups is 1. The fourth-order valence-corrected chi connectivity index (χ4v) is 3.58. The van der Waals surface area contributed by atoms with E-state index in [9.17, 15) is 19.1 Å². The van der Waals surface area contributed by atoms with Crippen molar-refractivity contribution >= 4 is 11.6 Å². The molecule has 1 aliphatic rings. The number of fused-ring (bicyclic) bond motifs is 1. The number of rotatable bonds is 5. The Bertz CT molecular complexity index is 1220. The fourth-order valence-electron chi connectivity index (χ4n) is 3.58. The molecule has 2 heterocycles. The van der Waals surface area contributed by atoms with E-state index in [1.807, 2.05) is 20.8 Å². The number of aromatic nitrogens is 2. The summed E-state index contributed by atoms with van der Waals surface area (Å²) in [6.07, 6.45) is 2.06. The Labute approximate surface area is 203 Å². The number of nitrogens with zero attached hydrogens (tertiary/aromatic N) is 3. The number of carbonyl (C=O) groups is 1. The van der Waals surface area contributed by atoms with Crippen LogP contribution in [0.4, 0.5) is 10.1 Å². The normalized spacial score (nSPS) is 15.8. The molecule has 2 aromatic rings. The average Bonchev–Trinajstić information content (AvgIpc) is 2.92. The lowest BCUT2D eigenvalue weighted by Gasteiger charge is -2.25. The molecule has 1 amide bonds. The zero-order valence-electron chi connectivity index (χ0n) is 20.7. The van der Waals surface area contributed by atoms with Crippen molar-refractivity contribution in [1.82, 2.24) is 14.9 Å². The van der Waals surface area contributed by atoms with Crippen LogP contribution in [0.5, 0.6) is 5.75 Å². The molecule has 1 aromatic carbocycles. The highest BCUT2D eigenvalue weighted by Gasteiger charge is 2.33. The highest BCUT2D eigenvalue weighted by molar-refractivity contribution is 5.94. The van der Waals surface area contributed by atoms with Crippen molar-refractivity contribution in [3.05, 3.63) is 63.3 Å². The van der Waals surface area contributed by atoms with Crippen molar-refractivity contribution in [1.29, 1.82) is 0 Å². The van der Waals surface area contributed by atoms with E-state index in [1.165, 1.54) is 34.0 Å². The first-order valence-corrected chi connectivity index (χ1v) is 11.3. The van der Waals surface area contributed by atoms with Gasteiger partial charge in [-0.05, 0) is 38.0 Å². The first kappa shape index (κ1) is 26.2. The molecule has 190 valence electrons. The van der Waals surface area contributed by atoms with Crippen molar-refractivity contribution in [2.75, 3.05) is 11.6 Å². The molecule has 6 N–H and O–H groups in total. The van der Waals surface area contributed by atoms with Gasteiger partial charge in [-0.3, -0.25) is 19.2 Å². The average molecular weight is 489 g/mol. The lowest BCUT2D eigenvalue weighted by atomic mass is 9.93. The monoisotopic (exact) mass is 488 g/mol. The highest BCUT2D eigenvalue weighted by atomic mass is 19.1. The van der Waals surface area contributed by atoms with Crippen molar-refractivity contribution < 1.29 is 19.0 Å². The third-order valence-electron chi connectivity index (χ3n) is 5.80. The molecule has 10 nitrogen and oxygen atoms in total. The summed E-state index contributed by atoms with van der Waals surface area (Å²) in [7, 11) is 0. The van der Waals surface area contributed by atoms with Crippen molar-refractivity contribution in [2.24, 2.45) is 17.0 Å². The van der Waals surface area contributed by atoms with Gasteiger partial charge in [0.15, 0.2) is 5.69 Å². The van der Waals surface area contributed by atoms with Gasteiger partial charge < -0.3 is 20.9 Å². The van der Waals surface area contributed by atoms with Gasteiger partial charge in [0.1, 0.15) is 17.2 Å². The zero-order chi connectivity index (χ0) is 26.1. The number of aromatic hydroxyl groups is 1. The second-order valence-corrected chi connectivity index (χ2v) is 10.00. The molecule has 0 aliphatic carbocycles. The second kappa shape index (κ2) is 9.67. The molecule has 3 rings (SSSR count). The van der Waals surface area contributed by atoms with E-state index in [2.05, 4.69) is 10.3 Å². The Morgan fingerprint density at radius 3 is 2.74 bits per heavy atom. The number of carbonyl (C=O) groups excluding carboxylic acids is 1. The smallest absolute Gasteiger partial charge is 0.296 e. The first-order valence-electron chi connectivity index (χ1n) is 11.3. The number of anilines is 1. The number of ether oxygens (including phenoxy) is 1. The standard InChI is InChI=1S/C24H33FN6O4/c1-23(2,3)17(26)13-31(27)16-11-15(25)8-7-14(16)12-28-20(33)18-19(32)21(34)30-9-6-10-35-24(4,5)22(30)29-18/h7-8,11,13,32H,6,9-10,12,26-27H2,1-5H3,(H,28,33)/b17-13-. The van der Waals surface area contributed by atoms with Gasteiger partial charge in [-0.15, -0.1) is 0 Å². The molecule has 0 spiro atoms. The lowest BCUT2D eigenvalue weighted by Crippen LogP contribution is -2.36. The minimum Gasteiger partial charge on any atom is -0.501 e. The summed E-state index contributed by atoms with van der Waals surface area (Å²) in [4.78, 5) is 30.0. The Hall–Kier alpha value is -3.44. The van der Waals surface area contributed by atoms with Gasteiger partial charge in [0.2, 0.25) is 5.75 Å². The van der Waals surface area contributed by atoms with E-state index < -0.39 is 34.3 Å². The number of amides is 1. The van der Waals surface area contributed by atoms with Crippen LogP contribution in [0, 0.1) is 11.2 Å². The number of benzene rings is 1. The summed E-state index contributed by atoms with van der Waals surface area (Å²) in [6, 6.07) is 3.93. The number of nitrogens with one attached hydrogen (secondary N) is 1. The summed E-state index contributed by atoms with van der Waals surface area (Å²) >= 11 is 0. The Kier molecular flexibility index (Phi) is 7.23. The van der Waals surface area contributed by atoms with Crippen LogP contribution in [0.2, 0.25) is 0 Å². The van der Waals surface area contributed by atoms with E-state index in [0.717, 1.165) is 0 Å². The van der Waals surface area contributed by atoms with Gasteiger partial charge in [-0.1, -0.05) is 26.8 Å². The van der Waals surface area contributed by atoms with Crippen molar-refractivity contribution in [2.45, 2.75) is 59.7 Å².